The predicted octanol–water partition coefficient (Wildman–Crippen LogP) is 17.8. The van der Waals surface area contributed by atoms with Gasteiger partial charge in [0, 0.05) is 39.9 Å². The molecule has 1 spiro atoms. The highest BCUT2D eigenvalue weighted by Crippen LogP contribution is 2.65. The van der Waals surface area contributed by atoms with Gasteiger partial charge in [-0.15, -0.1) is 0 Å². The van der Waals surface area contributed by atoms with E-state index in [4.69, 9.17) is 4.74 Å². The number of anilines is 3. The minimum absolute atomic E-state index is 0.151. The Balaban J connectivity index is 0.996. The molecule has 0 radical (unpaired) electrons. The summed E-state index contributed by atoms with van der Waals surface area (Å²) in [6.45, 7) is 0. The molecule has 0 fully saturated rings. The number of para-hydroxylation sites is 3. The highest BCUT2D eigenvalue weighted by Gasteiger charge is 2.56. The maximum absolute atomic E-state index is 6.68. The third-order valence-electron chi connectivity index (χ3n) is 14.7. The molecule has 1 heterocycles. The van der Waals surface area contributed by atoms with Crippen LogP contribution in [0.2, 0.25) is 0 Å². The number of allylic oxidation sites excluding steroid dienone is 4. The lowest BCUT2D eigenvalue weighted by Crippen LogP contribution is -2.37. The first-order valence-corrected chi connectivity index (χ1v) is 24.0. The van der Waals surface area contributed by atoms with Gasteiger partial charge in [-0.2, -0.15) is 0 Å². The lowest BCUT2D eigenvalue weighted by atomic mass is 9.62. The molecule has 13 rings (SSSR count). The van der Waals surface area contributed by atoms with Crippen LogP contribution in [0.5, 0.6) is 11.5 Å². The third-order valence-corrected chi connectivity index (χ3v) is 14.7. The van der Waals surface area contributed by atoms with Crippen molar-refractivity contribution in [1.82, 2.24) is 0 Å². The van der Waals surface area contributed by atoms with Gasteiger partial charge in [-0.3, -0.25) is 0 Å². The van der Waals surface area contributed by atoms with Crippen LogP contribution < -0.4 is 9.64 Å². The Hall–Kier alpha value is -8.72. The molecule has 2 nitrogen and oxygen atoms in total. The van der Waals surface area contributed by atoms with Crippen molar-refractivity contribution in [3.63, 3.8) is 0 Å². The summed E-state index contributed by atoms with van der Waals surface area (Å²) in [4.78, 5) is 2.48. The summed E-state index contributed by atoms with van der Waals surface area (Å²) in [6, 6.07) is 90.6. The van der Waals surface area contributed by atoms with Crippen molar-refractivity contribution in [2.24, 2.45) is 5.92 Å². The van der Waals surface area contributed by atoms with Crippen molar-refractivity contribution in [2.45, 2.75) is 11.3 Å². The molecule has 2 atom stereocenters. The Morgan fingerprint density at radius 2 is 0.783 bits per heavy atom. The molecule has 2 unspecified atom stereocenters. The summed E-state index contributed by atoms with van der Waals surface area (Å²) < 4.78 is 6.68. The molecule has 0 saturated heterocycles. The van der Waals surface area contributed by atoms with E-state index in [1.807, 2.05) is 0 Å². The molecule has 0 bridgehead atoms. The maximum atomic E-state index is 6.68. The van der Waals surface area contributed by atoms with E-state index in [-0.39, 0.29) is 11.8 Å². The van der Waals surface area contributed by atoms with E-state index in [0.29, 0.717) is 0 Å². The molecular formula is C67H47NO. The second kappa shape index (κ2) is 16.9. The quantitative estimate of drug-likeness (QED) is 0.151. The van der Waals surface area contributed by atoms with Gasteiger partial charge in [0.2, 0.25) is 0 Å². The summed E-state index contributed by atoms with van der Waals surface area (Å²) in [5.41, 5.74) is 19.8. The molecule has 3 aliphatic rings. The zero-order valence-corrected chi connectivity index (χ0v) is 38.0. The minimum Gasteiger partial charge on any atom is -0.457 e. The minimum atomic E-state index is -0.434. The Kier molecular flexibility index (Phi) is 9.91. The van der Waals surface area contributed by atoms with Crippen LogP contribution in [0.3, 0.4) is 0 Å². The van der Waals surface area contributed by atoms with Crippen LogP contribution in [0.1, 0.15) is 28.2 Å². The van der Waals surface area contributed by atoms with Gasteiger partial charge in [0.25, 0.3) is 0 Å². The van der Waals surface area contributed by atoms with Crippen molar-refractivity contribution in [1.29, 1.82) is 0 Å². The summed E-state index contributed by atoms with van der Waals surface area (Å²) >= 11 is 0. The third kappa shape index (κ3) is 6.71. The summed E-state index contributed by atoms with van der Waals surface area (Å²) in [7, 11) is 0. The van der Waals surface area contributed by atoms with E-state index >= 15 is 0 Å². The Labute approximate surface area is 404 Å². The van der Waals surface area contributed by atoms with Crippen LogP contribution in [0, 0.1) is 5.92 Å². The average molecular weight is 882 g/mol. The molecule has 0 N–H and O–H groups in total. The standard InChI is InChI=1S/C67H47NO/c1-3-19-46(20-4-1)47-35-37-48(38-36-47)49-39-41-51(42-40-49)68(64-32-16-12-28-58(64)56-26-10-9-25-55(56)54-24-8-7-23-53(54)50-21-5-2-6-22-50)52-43-44-61-59(45-52)57-27-11-13-29-60(57)67(61)62-30-14-17-33-65(62)69-66-34-18-15-31-63(66)67/h1-45,57,60H. The molecule has 2 aliphatic carbocycles. The van der Waals surface area contributed by atoms with Gasteiger partial charge in [0.1, 0.15) is 11.5 Å². The molecular weight excluding hydrogens is 835 g/mol. The highest BCUT2D eigenvalue weighted by molar-refractivity contribution is 5.97. The summed E-state index contributed by atoms with van der Waals surface area (Å²) in [5, 5.41) is 0. The Bertz CT molecular complexity index is 3540. The van der Waals surface area contributed by atoms with Gasteiger partial charge < -0.3 is 9.64 Å². The topological polar surface area (TPSA) is 12.5 Å². The number of nitrogens with zero attached hydrogens (tertiary/aromatic N) is 1. The van der Waals surface area contributed by atoms with Crippen LogP contribution in [0.15, 0.2) is 273 Å². The van der Waals surface area contributed by atoms with Crippen LogP contribution >= 0.6 is 0 Å². The van der Waals surface area contributed by atoms with Crippen LogP contribution in [0.25, 0.3) is 55.6 Å². The Morgan fingerprint density at radius 3 is 1.42 bits per heavy atom. The van der Waals surface area contributed by atoms with E-state index < -0.39 is 5.41 Å². The molecule has 326 valence electrons. The van der Waals surface area contributed by atoms with Gasteiger partial charge in [0.05, 0.1) is 11.1 Å². The molecule has 10 aromatic carbocycles. The highest BCUT2D eigenvalue weighted by atomic mass is 16.5. The number of fused-ring (bicyclic) bond motifs is 9. The molecule has 0 amide bonds. The number of rotatable bonds is 8. The monoisotopic (exact) mass is 881 g/mol. The van der Waals surface area contributed by atoms with Crippen LogP contribution in [-0.2, 0) is 5.41 Å². The van der Waals surface area contributed by atoms with Gasteiger partial charge >= 0.3 is 0 Å². The molecule has 0 saturated carbocycles. The van der Waals surface area contributed by atoms with Gasteiger partial charge in [-0.25, -0.2) is 0 Å². The normalized spacial score (nSPS) is 15.7. The van der Waals surface area contributed by atoms with Gasteiger partial charge in [0.15, 0.2) is 0 Å². The van der Waals surface area contributed by atoms with Gasteiger partial charge in [-0.05, 0) is 104 Å². The van der Waals surface area contributed by atoms with Crippen molar-refractivity contribution in [3.05, 3.63) is 295 Å². The molecule has 69 heavy (non-hydrogen) atoms. The predicted molar refractivity (Wildman–Crippen MR) is 286 cm³/mol. The first kappa shape index (κ1) is 40.5. The molecule has 1 aliphatic heterocycles. The smallest absolute Gasteiger partial charge is 0.131 e. The lowest BCUT2D eigenvalue weighted by Gasteiger charge is -2.43. The van der Waals surface area contributed by atoms with Crippen LogP contribution in [-0.4, -0.2) is 0 Å². The SMILES string of the molecule is C1=CC2c3cc(N(c4ccc(-c5ccc(-c6ccccc6)cc5)cc4)c4ccccc4-c4ccccc4-c4ccccc4-c4ccccc4)ccc3C3(c4ccccc4Oc4ccccc43)C2C=C1. The van der Waals surface area contributed by atoms with Crippen LogP contribution in [0.4, 0.5) is 17.1 Å². The molecule has 2 heteroatoms. The second-order valence-electron chi connectivity index (χ2n) is 18.3. The number of hydrogen-bond acceptors (Lipinski definition) is 2. The average Bonchev–Trinajstić information content (AvgIpc) is 3.71. The fourth-order valence-corrected chi connectivity index (χ4v) is 11.6. The van der Waals surface area contributed by atoms with Crippen molar-refractivity contribution >= 4 is 17.1 Å². The number of benzene rings is 10. The summed E-state index contributed by atoms with van der Waals surface area (Å²) in [5.74, 6) is 2.15. The van der Waals surface area contributed by atoms with E-state index in [9.17, 15) is 0 Å². The maximum Gasteiger partial charge on any atom is 0.131 e. The number of ether oxygens (including phenoxy) is 1. The molecule has 10 aromatic rings. The second-order valence-corrected chi connectivity index (χ2v) is 18.3. The van der Waals surface area contributed by atoms with Crippen molar-refractivity contribution in [2.75, 3.05) is 4.90 Å². The summed E-state index contributed by atoms with van der Waals surface area (Å²) in [6.07, 6.45) is 9.32. The van der Waals surface area contributed by atoms with E-state index in [1.165, 1.54) is 72.3 Å². The zero-order chi connectivity index (χ0) is 45.7. The first-order chi connectivity index (χ1) is 34.2. The van der Waals surface area contributed by atoms with E-state index in [1.54, 1.807) is 0 Å². The van der Waals surface area contributed by atoms with Crippen molar-refractivity contribution in [3.8, 4) is 67.1 Å². The van der Waals surface area contributed by atoms with E-state index in [2.05, 4.69) is 278 Å². The van der Waals surface area contributed by atoms with Crippen molar-refractivity contribution < 1.29 is 4.74 Å². The lowest BCUT2D eigenvalue weighted by molar-refractivity contribution is 0.374. The first-order valence-electron chi connectivity index (χ1n) is 24.0. The van der Waals surface area contributed by atoms with E-state index in [0.717, 1.165) is 34.1 Å². The fourth-order valence-electron chi connectivity index (χ4n) is 11.6. The van der Waals surface area contributed by atoms with Gasteiger partial charge in [-0.1, -0.05) is 231 Å². The molecule has 0 aromatic heterocycles. The Morgan fingerprint density at radius 1 is 0.333 bits per heavy atom. The fraction of sp³-hybridized carbons (Fsp3) is 0.0448. The zero-order valence-electron chi connectivity index (χ0n) is 38.0. The number of hydrogen-bond donors (Lipinski definition) is 0. The largest absolute Gasteiger partial charge is 0.457 e.